The fourth-order valence-electron chi connectivity index (χ4n) is 3.64. The highest BCUT2D eigenvalue weighted by Gasteiger charge is 2.58. The number of aromatic nitrogens is 1. The average molecular weight is 409 g/mol. The Bertz CT molecular complexity index is 848. The molecule has 0 saturated carbocycles. The number of rotatable bonds is 3. The second-order valence-electron chi connectivity index (χ2n) is 7.15. The number of hydrogen-bond donors (Lipinski definition) is 0. The van der Waals surface area contributed by atoms with Crippen molar-refractivity contribution in [3.05, 3.63) is 46.4 Å². The van der Waals surface area contributed by atoms with Crippen molar-refractivity contribution in [1.29, 1.82) is 0 Å². The van der Waals surface area contributed by atoms with Crippen molar-refractivity contribution in [3.8, 4) is 0 Å². The molecule has 2 aliphatic rings. The maximum absolute atomic E-state index is 14.6. The number of morpholine rings is 1. The molecular weight excluding hydrogens is 388 g/mol. The van der Waals surface area contributed by atoms with E-state index in [-0.39, 0.29) is 19.7 Å². The van der Waals surface area contributed by atoms with E-state index >= 15 is 0 Å². The molecule has 1 spiro atoms. The first kappa shape index (κ1) is 19.4. The predicted molar refractivity (Wildman–Crippen MR) is 101 cm³/mol. The highest BCUT2D eigenvalue weighted by Crippen LogP contribution is 2.37. The molecule has 0 radical (unpaired) electrons. The van der Waals surface area contributed by atoms with E-state index in [0.717, 1.165) is 15.5 Å². The van der Waals surface area contributed by atoms with Gasteiger partial charge in [0.1, 0.15) is 5.60 Å². The third-order valence-corrected chi connectivity index (χ3v) is 5.91. The molecule has 1 aromatic carbocycles. The minimum absolute atomic E-state index is 0.00260. The molecule has 1 unspecified atom stereocenters. The lowest BCUT2D eigenvalue weighted by Gasteiger charge is -2.45. The van der Waals surface area contributed by atoms with Crippen LogP contribution in [0.2, 0.25) is 0 Å². The molecule has 1 amide bonds. The molecule has 3 heterocycles. The van der Waals surface area contributed by atoms with Crippen molar-refractivity contribution >= 4 is 22.9 Å². The van der Waals surface area contributed by atoms with Crippen molar-refractivity contribution in [2.24, 2.45) is 0 Å². The Kier molecular flexibility index (Phi) is 5.17. The third kappa shape index (κ3) is 3.80. The highest BCUT2D eigenvalue weighted by molar-refractivity contribution is 7.09. The van der Waals surface area contributed by atoms with Gasteiger partial charge in [-0.15, -0.1) is 11.3 Å². The van der Waals surface area contributed by atoms with Crippen LogP contribution in [0.1, 0.15) is 10.6 Å². The number of carbonyl (C=O) groups is 1. The molecule has 2 saturated heterocycles. The molecule has 1 aromatic heterocycles. The molecule has 2 fully saturated rings. The normalized spacial score (nSPS) is 25.8. The smallest absolute Gasteiger partial charge is 0.377 e. The van der Waals surface area contributed by atoms with Gasteiger partial charge < -0.3 is 14.4 Å². The lowest BCUT2D eigenvalue weighted by Crippen LogP contribution is -2.66. The molecule has 0 aliphatic carbocycles. The molecule has 6 nitrogen and oxygen atoms in total. The Morgan fingerprint density at radius 1 is 1.25 bits per heavy atom. The monoisotopic (exact) mass is 409 g/mol. The van der Waals surface area contributed by atoms with Crippen molar-refractivity contribution in [2.75, 3.05) is 37.7 Å². The van der Waals surface area contributed by atoms with Crippen LogP contribution in [0.3, 0.4) is 0 Å². The summed E-state index contributed by atoms with van der Waals surface area (Å²) in [6.07, 6.45) is -3.91. The summed E-state index contributed by atoms with van der Waals surface area (Å²) in [5, 5.41) is 0. The van der Waals surface area contributed by atoms with Crippen molar-refractivity contribution < 1.29 is 23.0 Å². The zero-order chi connectivity index (χ0) is 19.8. The van der Waals surface area contributed by atoms with Gasteiger partial charge in [-0.1, -0.05) is 18.2 Å². The van der Waals surface area contributed by atoms with E-state index in [1.807, 2.05) is 11.8 Å². The summed E-state index contributed by atoms with van der Waals surface area (Å²) in [6.45, 7) is 3.74. The Morgan fingerprint density at radius 2 is 2.04 bits per heavy atom. The number of carbonyl (C=O) groups excluding carboxylic acids is 1. The van der Waals surface area contributed by atoms with Gasteiger partial charge in [-0.25, -0.2) is 4.98 Å². The molecule has 2 aromatic rings. The first-order valence-electron chi connectivity index (χ1n) is 9.03. The minimum Gasteiger partial charge on any atom is -0.377 e. The van der Waals surface area contributed by atoms with Crippen LogP contribution >= 0.6 is 11.3 Å². The van der Waals surface area contributed by atoms with Gasteiger partial charge in [0.25, 0.3) is 0 Å². The maximum atomic E-state index is 14.6. The summed E-state index contributed by atoms with van der Waals surface area (Å²) in [7, 11) is 0. The number of anilines is 1. The first-order valence-corrected chi connectivity index (χ1v) is 9.91. The second kappa shape index (κ2) is 7.47. The van der Waals surface area contributed by atoms with Gasteiger partial charge in [0.15, 0.2) is 0 Å². The van der Waals surface area contributed by atoms with E-state index in [1.54, 1.807) is 35.8 Å². The van der Waals surface area contributed by atoms with Crippen LogP contribution < -0.4 is 4.90 Å². The SMILES string of the molecule is Cc1ncsc1CN1CCOCC2(C1)CN(c1ccccc1)C(=O)C(F)(F)O2. The number of aryl methyl sites for hydroxylation is 1. The van der Waals surface area contributed by atoms with Gasteiger partial charge in [0.2, 0.25) is 0 Å². The topological polar surface area (TPSA) is 54.9 Å². The Hall–Kier alpha value is -1.94. The van der Waals surface area contributed by atoms with E-state index in [2.05, 4.69) is 4.98 Å². The zero-order valence-corrected chi connectivity index (χ0v) is 16.3. The van der Waals surface area contributed by atoms with Crippen molar-refractivity contribution in [1.82, 2.24) is 9.88 Å². The predicted octanol–water partition coefficient (Wildman–Crippen LogP) is 2.68. The molecular formula is C19H21F2N3O3S. The van der Waals surface area contributed by atoms with Gasteiger partial charge >= 0.3 is 12.0 Å². The van der Waals surface area contributed by atoms with Gasteiger partial charge in [0.05, 0.1) is 31.0 Å². The lowest BCUT2D eigenvalue weighted by molar-refractivity contribution is -0.294. The zero-order valence-electron chi connectivity index (χ0n) is 15.4. The van der Waals surface area contributed by atoms with Gasteiger partial charge in [0, 0.05) is 30.2 Å². The fourth-order valence-corrected chi connectivity index (χ4v) is 4.46. The van der Waals surface area contributed by atoms with E-state index in [9.17, 15) is 13.6 Å². The molecule has 0 bridgehead atoms. The summed E-state index contributed by atoms with van der Waals surface area (Å²) >= 11 is 1.54. The summed E-state index contributed by atoms with van der Waals surface area (Å²) in [5.41, 5.74) is 1.81. The largest absolute Gasteiger partial charge is 0.437 e. The number of hydrogen-bond acceptors (Lipinski definition) is 6. The summed E-state index contributed by atoms with van der Waals surface area (Å²) in [5.74, 6) is -1.35. The van der Waals surface area contributed by atoms with Crippen LogP contribution in [0.15, 0.2) is 35.8 Å². The summed E-state index contributed by atoms with van der Waals surface area (Å²) in [4.78, 5) is 20.8. The average Bonchev–Trinajstić information content (AvgIpc) is 2.96. The highest BCUT2D eigenvalue weighted by atomic mass is 32.1. The van der Waals surface area contributed by atoms with E-state index in [0.29, 0.717) is 25.4 Å². The van der Waals surface area contributed by atoms with Crippen LogP contribution in [0, 0.1) is 6.92 Å². The number of nitrogens with zero attached hydrogens (tertiary/aromatic N) is 3. The summed E-state index contributed by atoms with van der Waals surface area (Å²) in [6, 6.07) is 8.49. The number of halogens is 2. The van der Waals surface area contributed by atoms with E-state index in [4.69, 9.17) is 9.47 Å². The van der Waals surface area contributed by atoms with Gasteiger partial charge in [-0.3, -0.25) is 9.69 Å². The first-order chi connectivity index (χ1) is 13.4. The van der Waals surface area contributed by atoms with E-state index in [1.165, 1.54) is 11.3 Å². The molecule has 28 heavy (non-hydrogen) atoms. The van der Waals surface area contributed by atoms with Crippen molar-refractivity contribution in [2.45, 2.75) is 25.2 Å². The quantitative estimate of drug-likeness (QED) is 0.780. The molecule has 4 rings (SSSR count). The number of benzene rings is 1. The van der Waals surface area contributed by atoms with Crippen LogP contribution in [-0.4, -0.2) is 60.3 Å². The van der Waals surface area contributed by atoms with Crippen LogP contribution in [0.4, 0.5) is 14.5 Å². The Labute approximate surface area is 165 Å². The lowest BCUT2D eigenvalue weighted by atomic mass is 10.00. The molecule has 150 valence electrons. The molecule has 9 heteroatoms. The number of alkyl halides is 2. The number of ether oxygens (including phenoxy) is 2. The Balaban J connectivity index is 1.62. The Morgan fingerprint density at radius 3 is 2.75 bits per heavy atom. The van der Waals surface area contributed by atoms with Crippen molar-refractivity contribution in [3.63, 3.8) is 0 Å². The number of para-hydroxylation sites is 1. The second-order valence-corrected chi connectivity index (χ2v) is 8.09. The standard InChI is InChI=1S/C19H21F2N3O3S/c1-14-16(28-13-22-14)9-23-7-8-26-12-18(10-23)11-24(15-5-3-2-4-6-15)17(25)19(20,21)27-18/h2-6,13H,7-12H2,1H3. The molecule has 1 atom stereocenters. The number of thiazole rings is 1. The summed E-state index contributed by atoms with van der Waals surface area (Å²) < 4.78 is 39.9. The maximum Gasteiger partial charge on any atom is 0.437 e. The minimum atomic E-state index is -3.91. The molecule has 0 N–H and O–H groups in total. The van der Waals surface area contributed by atoms with Crippen LogP contribution in [0.5, 0.6) is 0 Å². The molecule has 2 aliphatic heterocycles. The van der Waals surface area contributed by atoms with Crippen LogP contribution in [0.25, 0.3) is 0 Å². The third-order valence-electron chi connectivity index (χ3n) is 4.99. The van der Waals surface area contributed by atoms with E-state index < -0.39 is 17.6 Å². The van der Waals surface area contributed by atoms with Gasteiger partial charge in [-0.05, 0) is 19.1 Å². The van der Waals surface area contributed by atoms with Gasteiger partial charge in [-0.2, -0.15) is 8.78 Å². The van der Waals surface area contributed by atoms with Crippen LogP contribution in [-0.2, 0) is 20.8 Å². The fraction of sp³-hybridized carbons (Fsp3) is 0.474. The number of amides is 1.